The van der Waals surface area contributed by atoms with E-state index in [4.69, 9.17) is 0 Å². The minimum atomic E-state index is 0. The zero-order chi connectivity index (χ0) is 12.2. The molecule has 0 bridgehead atoms. The summed E-state index contributed by atoms with van der Waals surface area (Å²) in [5.74, 6) is 0. The molecule has 0 saturated heterocycles. The minimum absolute atomic E-state index is 0. The van der Waals surface area contributed by atoms with Crippen molar-refractivity contribution in [2.75, 3.05) is 0 Å². The monoisotopic (exact) mass is 468 g/mol. The van der Waals surface area contributed by atoms with Gasteiger partial charge in [0, 0.05) is 29.6 Å². The standard InChI is InChI=1S/C16H11N2.ClH.Hg/c1-3-10-17-15(8-1)13-6-5-7-14(12-13)16-9-2-4-11-18-16;;/h1-11H;1H;/q;;+1/p-1. The number of pyridine rings is 2. The molecular weight excluding hydrogens is 456 g/mol. The third-order valence-electron chi connectivity index (χ3n) is 2.68. The van der Waals surface area contributed by atoms with Crippen molar-refractivity contribution < 1.29 is 40.1 Å². The van der Waals surface area contributed by atoms with E-state index in [-0.39, 0.29) is 40.1 Å². The Balaban J connectivity index is 0.000001000. The normalized spacial score (nSPS) is 9.20. The molecule has 20 heavy (non-hydrogen) atoms. The molecule has 0 spiro atoms. The molecule has 0 aliphatic rings. The largest absolute Gasteiger partial charge is 1.00 e. The van der Waals surface area contributed by atoms with Crippen molar-refractivity contribution in [1.29, 1.82) is 0 Å². The van der Waals surface area contributed by atoms with E-state index in [2.05, 4.69) is 16.0 Å². The summed E-state index contributed by atoms with van der Waals surface area (Å²) in [6.07, 6.45) is 3.58. The van der Waals surface area contributed by atoms with Crippen LogP contribution in [0.1, 0.15) is 0 Å². The summed E-state index contributed by atoms with van der Waals surface area (Å²) in [5.41, 5.74) is 3.82. The Kier molecular flexibility index (Phi) is 6.83. The van der Waals surface area contributed by atoms with Crippen LogP contribution in [0.15, 0.2) is 67.0 Å². The van der Waals surface area contributed by atoms with Gasteiger partial charge in [-0.1, -0.05) is 30.3 Å². The summed E-state index contributed by atoms with van der Waals surface area (Å²) in [5, 5.41) is 0. The molecule has 2 heterocycles. The first-order valence-electron chi connectivity index (χ1n) is 5.78. The maximum Gasteiger partial charge on any atom is 1.00 e. The summed E-state index contributed by atoms with van der Waals surface area (Å²) in [6.45, 7) is 0. The molecule has 2 nitrogen and oxygen atoms in total. The van der Waals surface area contributed by atoms with Crippen molar-refractivity contribution in [1.82, 2.24) is 9.97 Å². The van der Waals surface area contributed by atoms with Gasteiger partial charge in [-0.15, -0.1) is 0 Å². The van der Waals surface area contributed by atoms with Crippen LogP contribution in [-0.2, 0) is 27.7 Å². The Bertz CT molecular complexity index is 590. The summed E-state index contributed by atoms with van der Waals surface area (Å²) in [4.78, 5) is 8.66. The first kappa shape index (κ1) is 16.8. The average Bonchev–Trinajstić information content (AvgIpc) is 2.49. The van der Waals surface area contributed by atoms with Crippen LogP contribution >= 0.6 is 0 Å². The second-order valence-corrected chi connectivity index (χ2v) is 3.91. The van der Waals surface area contributed by atoms with Gasteiger partial charge in [0.25, 0.3) is 0 Å². The van der Waals surface area contributed by atoms with Gasteiger partial charge < -0.3 is 12.4 Å². The van der Waals surface area contributed by atoms with Crippen molar-refractivity contribution in [2.45, 2.75) is 0 Å². The predicted molar refractivity (Wildman–Crippen MR) is 71.7 cm³/mol. The van der Waals surface area contributed by atoms with Gasteiger partial charge in [-0.2, -0.15) is 0 Å². The quantitative estimate of drug-likeness (QED) is 0.517. The smallest absolute Gasteiger partial charge is 1.00 e. The van der Waals surface area contributed by atoms with E-state index in [1.54, 1.807) is 12.4 Å². The number of halogens is 1. The first-order chi connectivity index (χ1) is 8.93. The molecule has 0 atom stereocenters. The molecule has 0 N–H and O–H groups in total. The van der Waals surface area contributed by atoms with Crippen LogP contribution in [0.5, 0.6) is 0 Å². The van der Waals surface area contributed by atoms with E-state index in [9.17, 15) is 0 Å². The Morgan fingerprint density at radius 3 is 1.55 bits per heavy atom. The molecule has 1 aromatic carbocycles. The summed E-state index contributed by atoms with van der Waals surface area (Å²) in [6, 6.07) is 21.1. The van der Waals surface area contributed by atoms with Gasteiger partial charge >= 0.3 is 27.7 Å². The van der Waals surface area contributed by atoms with E-state index in [1.807, 2.05) is 54.6 Å². The molecule has 2 aromatic heterocycles. The molecule has 3 rings (SSSR count). The van der Waals surface area contributed by atoms with Gasteiger partial charge in [-0.05, 0) is 24.3 Å². The number of hydrogen-bond acceptors (Lipinski definition) is 2. The van der Waals surface area contributed by atoms with Gasteiger partial charge in [0.05, 0.1) is 11.4 Å². The molecule has 2 radical (unpaired) electrons. The van der Waals surface area contributed by atoms with Gasteiger partial charge in [-0.25, -0.2) is 0 Å². The molecule has 0 amide bonds. The summed E-state index contributed by atoms with van der Waals surface area (Å²) >= 11 is 0. The van der Waals surface area contributed by atoms with Crippen LogP contribution in [0.4, 0.5) is 0 Å². The van der Waals surface area contributed by atoms with Crippen molar-refractivity contribution in [3.05, 3.63) is 73.1 Å². The average molecular weight is 467 g/mol. The second-order valence-electron chi connectivity index (χ2n) is 3.91. The number of rotatable bonds is 2. The van der Waals surface area contributed by atoms with E-state index < -0.39 is 0 Å². The van der Waals surface area contributed by atoms with Gasteiger partial charge in [0.2, 0.25) is 0 Å². The van der Waals surface area contributed by atoms with E-state index >= 15 is 0 Å². The van der Waals surface area contributed by atoms with Crippen LogP contribution in [0.25, 0.3) is 22.5 Å². The summed E-state index contributed by atoms with van der Waals surface area (Å²) in [7, 11) is 0. The fourth-order valence-corrected chi connectivity index (χ4v) is 1.81. The van der Waals surface area contributed by atoms with Crippen LogP contribution < -0.4 is 12.4 Å². The SMILES string of the molecule is [Cl-].[Hg+].[c]1c(-c2ccccn2)cccc1-c1ccccn1. The Hall–Kier alpha value is -1.25. The summed E-state index contributed by atoms with van der Waals surface area (Å²) < 4.78 is 0. The number of nitrogens with zero attached hydrogens (tertiary/aromatic N) is 2. The van der Waals surface area contributed by atoms with Crippen LogP contribution in [0, 0.1) is 6.07 Å². The zero-order valence-electron chi connectivity index (χ0n) is 10.8. The van der Waals surface area contributed by atoms with Gasteiger partial charge in [-0.3, -0.25) is 9.97 Å². The van der Waals surface area contributed by atoms with Gasteiger partial charge in [0.1, 0.15) is 0 Å². The zero-order valence-corrected chi connectivity index (χ0v) is 17.1. The first-order valence-corrected chi connectivity index (χ1v) is 5.78. The van der Waals surface area contributed by atoms with Gasteiger partial charge in [0.15, 0.2) is 0 Å². The molecule has 0 aliphatic carbocycles. The van der Waals surface area contributed by atoms with Crippen molar-refractivity contribution in [2.24, 2.45) is 0 Å². The minimum Gasteiger partial charge on any atom is -1.00 e. The number of aromatic nitrogens is 2. The molecule has 0 saturated carbocycles. The Labute approximate surface area is 145 Å². The maximum absolute atomic E-state index is 4.33. The van der Waals surface area contributed by atoms with Crippen molar-refractivity contribution >= 4 is 0 Å². The van der Waals surface area contributed by atoms with E-state index in [0.29, 0.717) is 0 Å². The maximum atomic E-state index is 4.33. The van der Waals surface area contributed by atoms with Crippen LogP contribution in [-0.4, -0.2) is 9.97 Å². The van der Waals surface area contributed by atoms with Crippen LogP contribution in [0.3, 0.4) is 0 Å². The Morgan fingerprint density at radius 2 is 1.15 bits per heavy atom. The van der Waals surface area contributed by atoms with E-state index in [1.165, 1.54) is 0 Å². The molecule has 94 valence electrons. The Morgan fingerprint density at radius 1 is 0.650 bits per heavy atom. The second kappa shape index (κ2) is 8.13. The predicted octanol–water partition coefficient (Wildman–Crippen LogP) is 0.612. The van der Waals surface area contributed by atoms with E-state index in [0.717, 1.165) is 22.5 Å². The fraction of sp³-hybridized carbons (Fsp3) is 0. The van der Waals surface area contributed by atoms with Crippen LogP contribution in [0.2, 0.25) is 0 Å². The number of hydrogen-bond donors (Lipinski definition) is 0. The molecule has 0 unspecified atom stereocenters. The topological polar surface area (TPSA) is 25.8 Å². The third kappa shape index (κ3) is 3.87. The third-order valence-corrected chi connectivity index (χ3v) is 2.68. The molecular formula is C16H11ClHgN2. The van der Waals surface area contributed by atoms with Crippen molar-refractivity contribution in [3.63, 3.8) is 0 Å². The molecule has 0 aliphatic heterocycles. The number of benzene rings is 1. The van der Waals surface area contributed by atoms with Crippen molar-refractivity contribution in [3.8, 4) is 22.5 Å². The molecule has 4 heteroatoms. The fourth-order valence-electron chi connectivity index (χ4n) is 1.81. The molecule has 3 aromatic rings. The molecule has 0 fully saturated rings.